The molecule has 5 N–H and O–H groups in total. The molecule has 1 aliphatic carbocycles. The van der Waals surface area contributed by atoms with Gasteiger partial charge in [0.15, 0.2) is 0 Å². The lowest BCUT2D eigenvalue weighted by atomic mass is 9.86. The van der Waals surface area contributed by atoms with Crippen molar-refractivity contribution in [3.63, 3.8) is 0 Å². The van der Waals surface area contributed by atoms with E-state index in [2.05, 4.69) is 0 Å². The predicted molar refractivity (Wildman–Crippen MR) is 34.8 cm³/mol. The van der Waals surface area contributed by atoms with Crippen LogP contribution >= 0.6 is 0 Å². The molecule has 0 radical (unpaired) electrons. The van der Waals surface area contributed by atoms with Crippen LogP contribution in [0, 0.1) is 0 Å². The fourth-order valence-electron chi connectivity index (χ4n) is 1.12. The summed E-state index contributed by atoms with van der Waals surface area (Å²) in [6.45, 7) is 0. The molecule has 70 valence electrons. The second-order valence-corrected chi connectivity index (χ2v) is 2.89. The van der Waals surface area contributed by atoms with Gasteiger partial charge in [-0.1, -0.05) is 0 Å². The highest BCUT2D eigenvalue weighted by molar-refractivity contribution is 5.90. The molecule has 1 fully saturated rings. The summed E-state index contributed by atoms with van der Waals surface area (Å²) in [4.78, 5) is 10.8. The van der Waals surface area contributed by atoms with Gasteiger partial charge in [-0.15, -0.1) is 0 Å². The molecule has 0 aromatic rings. The lowest BCUT2D eigenvalue weighted by Crippen LogP contribution is -2.60. The predicted octanol–water partition coefficient (Wildman–Crippen LogP) is -3.28. The summed E-state index contributed by atoms with van der Waals surface area (Å²) in [5.74, 6) is -4.03. The van der Waals surface area contributed by atoms with Gasteiger partial charge in [-0.05, 0) is 0 Å². The number of Topliss-reactive ketones (excluding diaryl/α,β-unsaturated/α-hetero) is 1. The minimum atomic E-state index is -2.74. The first-order chi connectivity index (χ1) is 5.36. The number of carbonyl (C=O) groups is 1. The van der Waals surface area contributed by atoms with Crippen molar-refractivity contribution in [2.45, 2.75) is 30.5 Å². The zero-order valence-electron chi connectivity index (χ0n) is 6.08. The molecule has 0 aliphatic heterocycles. The van der Waals surface area contributed by atoms with Crippen LogP contribution in [0.3, 0.4) is 0 Å². The maximum absolute atomic E-state index is 10.8. The zero-order valence-corrected chi connectivity index (χ0v) is 6.08. The molecular formula is C6H10O6. The second-order valence-electron chi connectivity index (χ2n) is 2.89. The highest BCUT2D eigenvalue weighted by atomic mass is 16.5. The molecule has 1 saturated carbocycles. The Balaban J connectivity index is 2.85. The van der Waals surface area contributed by atoms with Gasteiger partial charge in [0, 0.05) is 6.42 Å². The van der Waals surface area contributed by atoms with Crippen LogP contribution in [0.4, 0.5) is 0 Å². The normalized spacial score (nSPS) is 41.4. The van der Waals surface area contributed by atoms with Crippen LogP contribution in [0.25, 0.3) is 0 Å². The van der Waals surface area contributed by atoms with Crippen molar-refractivity contribution < 1.29 is 30.3 Å². The molecule has 1 aliphatic rings. The molecule has 1 rings (SSSR count). The summed E-state index contributed by atoms with van der Waals surface area (Å²) >= 11 is 0. The first kappa shape index (κ1) is 9.56. The summed E-state index contributed by atoms with van der Waals surface area (Å²) < 4.78 is 0. The third kappa shape index (κ3) is 1.35. The lowest BCUT2D eigenvalue weighted by Gasteiger charge is -2.34. The fraction of sp³-hybridized carbons (Fsp3) is 0.833. The topological polar surface area (TPSA) is 118 Å². The van der Waals surface area contributed by atoms with E-state index in [1.54, 1.807) is 0 Å². The number of ketones is 1. The molecule has 3 atom stereocenters. The van der Waals surface area contributed by atoms with Crippen molar-refractivity contribution in [3.8, 4) is 0 Å². The quantitative estimate of drug-likeness (QED) is 0.248. The van der Waals surface area contributed by atoms with Gasteiger partial charge in [0.1, 0.15) is 12.2 Å². The molecule has 0 aromatic heterocycles. The highest BCUT2D eigenvalue weighted by Gasteiger charge is 2.50. The van der Waals surface area contributed by atoms with Crippen molar-refractivity contribution >= 4 is 5.78 Å². The van der Waals surface area contributed by atoms with E-state index in [0.29, 0.717) is 0 Å². The largest absolute Gasteiger partial charge is 0.390 e. The van der Waals surface area contributed by atoms with Gasteiger partial charge in [0.2, 0.25) is 11.6 Å². The van der Waals surface area contributed by atoms with Gasteiger partial charge in [-0.25, -0.2) is 0 Å². The molecular weight excluding hydrogens is 168 g/mol. The van der Waals surface area contributed by atoms with Crippen LogP contribution in [0.1, 0.15) is 6.42 Å². The van der Waals surface area contributed by atoms with Crippen LogP contribution < -0.4 is 0 Å². The van der Waals surface area contributed by atoms with Gasteiger partial charge in [0.05, 0.1) is 6.10 Å². The zero-order chi connectivity index (χ0) is 9.52. The Labute approximate surface area is 67.7 Å². The summed E-state index contributed by atoms with van der Waals surface area (Å²) in [5, 5.41) is 44.5. The smallest absolute Gasteiger partial charge is 0.229 e. The number of hydrogen-bond acceptors (Lipinski definition) is 6. The summed E-state index contributed by atoms with van der Waals surface area (Å²) in [6.07, 6.45) is -5.79. The van der Waals surface area contributed by atoms with Crippen LogP contribution in [0.5, 0.6) is 0 Å². The maximum Gasteiger partial charge on any atom is 0.229 e. The highest BCUT2D eigenvalue weighted by Crippen LogP contribution is 2.23. The van der Waals surface area contributed by atoms with Crippen LogP contribution in [0.15, 0.2) is 0 Å². The third-order valence-corrected chi connectivity index (χ3v) is 1.87. The van der Waals surface area contributed by atoms with Crippen molar-refractivity contribution in [2.24, 2.45) is 0 Å². The Morgan fingerprint density at radius 2 is 1.75 bits per heavy atom. The van der Waals surface area contributed by atoms with E-state index in [1.807, 2.05) is 0 Å². The molecule has 3 unspecified atom stereocenters. The molecule has 0 heterocycles. The third-order valence-electron chi connectivity index (χ3n) is 1.87. The number of aliphatic hydroxyl groups excluding tert-OH is 3. The van der Waals surface area contributed by atoms with Gasteiger partial charge in [0.25, 0.3) is 0 Å². The minimum Gasteiger partial charge on any atom is -0.390 e. The van der Waals surface area contributed by atoms with E-state index in [1.165, 1.54) is 0 Å². The molecule has 12 heavy (non-hydrogen) atoms. The Hall–Kier alpha value is -0.530. The van der Waals surface area contributed by atoms with Crippen molar-refractivity contribution in [1.82, 2.24) is 0 Å². The Morgan fingerprint density at radius 3 is 2.25 bits per heavy atom. The minimum absolute atomic E-state index is 0.690. The van der Waals surface area contributed by atoms with E-state index in [0.717, 1.165) is 0 Å². The maximum atomic E-state index is 10.8. The van der Waals surface area contributed by atoms with E-state index < -0.39 is 36.3 Å². The monoisotopic (exact) mass is 178 g/mol. The van der Waals surface area contributed by atoms with E-state index in [4.69, 9.17) is 25.5 Å². The van der Waals surface area contributed by atoms with E-state index in [-0.39, 0.29) is 0 Å². The average Bonchev–Trinajstić information content (AvgIpc) is 1.97. The lowest BCUT2D eigenvalue weighted by molar-refractivity contribution is -0.228. The van der Waals surface area contributed by atoms with Gasteiger partial charge >= 0.3 is 0 Å². The summed E-state index contributed by atoms with van der Waals surface area (Å²) in [5.41, 5.74) is 0. The van der Waals surface area contributed by atoms with Crippen molar-refractivity contribution in [1.29, 1.82) is 0 Å². The molecule has 0 amide bonds. The van der Waals surface area contributed by atoms with E-state index >= 15 is 0 Å². The van der Waals surface area contributed by atoms with Gasteiger partial charge < -0.3 is 25.5 Å². The first-order valence-electron chi connectivity index (χ1n) is 3.39. The molecule has 6 heteroatoms. The molecule has 0 spiro atoms. The Kier molecular flexibility index (Phi) is 2.19. The fourth-order valence-corrected chi connectivity index (χ4v) is 1.12. The Bertz CT molecular complexity index is 200. The van der Waals surface area contributed by atoms with Gasteiger partial charge in [-0.2, -0.15) is 0 Å². The van der Waals surface area contributed by atoms with Gasteiger partial charge in [-0.3, -0.25) is 4.79 Å². The number of carbonyl (C=O) groups excluding carboxylic acids is 1. The van der Waals surface area contributed by atoms with Crippen LogP contribution in [0.2, 0.25) is 0 Å². The number of rotatable bonds is 0. The van der Waals surface area contributed by atoms with Crippen LogP contribution in [-0.2, 0) is 4.79 Å². The van der Waals surface area contributed by atoms with Crippen LogP contribution in [-0.4, -0.2) is 55.4 Å². The first-order valence-corrected chi connectivity index (χ1v) is 3.39. The standard InChI is InChI=1S/C6H10O6/c7-2-1-6(11,12)5(10)4(9)3(2)8/h2-4,7-9,11-12H,1H2. The molecule has 0 aromatic carbocycles. The molecule has 0 bridgehead atoms. The summed E-state index contributed by atoms with van der Waals surface area (Å²) in [7, 11) is 0. The summed E-state index contributed by atoms with van der Waals surface area (Å²) in [6, 6.07) is 0. The number of hydrogen-bond donors (Lipinski definition) is 5. The molecule has 6 nitrogen and oxygen atoms in total. The van der Waals surface area contributed by atoms with Crippen molar-refractivity contribution in [3.05, 3.63) is 0 Å². The van der Waals surface area contributed by atoms with E-state index in [9.17, 15) is 4.79 Å². The number of aliphatic hydroxyl groups is 5. The SMILES string of the molecule is O=C1C(O)C(O)C(O)CC1(O)O. The second kappa shape index (κ2) is 2.75. The van der Waals surface area contributed by atoms with Crippen molar-refractivity contribution in [2.75, 3.05) is 0 Å². The molecule has 0 saturated heterocycles. The average molecular weight is 178 g/mol. The Morgan fingerprint density at radius 1 is 1.25 bits per heavy atom.